The molecule has 1 fully saturated rings. The molecule has 0 radical (unpaired) electrons. The average Bonchev–Trinajstić information content (AvgIpc) is 3.12. The van der Waals surface area contributed by atoms with Crippen molar-refractivity contribution in [2.24, 2.45) is 11.8 Å². The molecule has 29 heavy (non-hydrogen) atoms. The molecule has 1 amide bonds. The zero-order valence-electron chi connectivity index (χ0n) is 17.7. The molecule has 3 rings (SSSR count). The number of piperidine rings is 1. The molecule has 0 N–H and O–H groups in total. The van der Waals surface area contributed by atoms with E-state index in [1.165, 1.54) is 11.8 Å². The van der Waals surface area contributed by atoms with Gasteiger partial charge in [0, 0.05) is 19.6 Å². The van der Waals surface area contributed by atoms with Gasteiger partial charge in [-0.25, -0.2) is 0 Å². The van der Waals surface area contributed by atoms with Crippen LogP contribution in [0.15, 0.2) is 35.5 Å². The molecular formula is C22H32N4O2S. The number of para-hydroxylation sites is 1. The van der Waals surface area contributed by atoms with E-state index in [1.54, 1.807) is 0 Å². The van der Waals surface area contributed by atoms with E-state index in [9.17, 15) is 4.79 Å². The largest absolute Gasteiger partial charge is 0.486 e. The maximum atomic E-state index is 12.6. The van der Waals surface area contributed by atoms with Crippen molar-refractivity contribution in [1.82, 2.24) is 19.7 Å². The van der Waals surface area contributed by atoms with E-state index in [0.717, 1.165) is 61.5 Å². The number of thioether (sulfide) groups is 1. The second kappa shape index (κ2) is 10.7. The summed E-state index contributed by atoms with van der Waals surface area (Å²) in [6, 6.07) is 9.73. The summed E-state index contributed by atoms with van der Waals surface area (Å²) >= 11 is 1.49. The van der Waals surface area contributed by atoms with Gasteiger partial charge in [-0.3, -0.25) is 4.79 Å². The number of amides is 1. The average molecular weight is 417 g/mol. The third-order valence-electron chi connectivity index (χ3n) is 5.30. The molecule has 0 spiro atoms. The summed E-state index contributed by atoms with van der Waals surface area (Å²) in [6.45, 7) is 9.61. The molecule has 2 heterocycles. The molecule has 0 unspecified atom stereocenters. The Bertz CT molecular complexity index is 770. The third-order valence-corrected chi connectivity index (χ3v) is 6.25. The summed E-state index contributed by atoms with van der Waals surface area (Å²) in [5, 5.41) is 9.51. The lowest BCUT2D eigenvalue weighted by atomic mass is 9.99. The van der Waals surface area contributed by atoms with Crippen LogP contribution in [0.3, 0.4) is 0 Å². The summed E-state index contributed by atoms with van der Waals surface area (Å²) in [7, 11) is 0. The fourth-order valence-electron chi connectivity index (χ4n) is 3.28. The number of carbonyl (C=O) groups excluding carboxylic acids is 1. The first kappa shape index (κ1) is 21.7. The molecule has 1 aromatic heterocycles. The van der Waals surface area contributed by atoms with Crippen LogP contribution in [0, 0.1) is 11.8 Å². The topological polar surface area (TPSA) is 60.2 Å². The number of benzene rings is 1. The maximum Gasteiger partial charge on any atom is 0.233 e. The lowest BCUT2D eigenvalue weighted by Crippen LogP contribution is -2.38. The van der Waals surface area contributed by atoms with E-state index in [2.05, 4.69) is 35.5 Å². The Balaban J connectivity index is 1.62. The van der Waals surface area contributed by atoms with E-state index >= 15 is 0 Å². The molecule has 7 heteroatoms. The van der Waals surface area contributed by atoms with Gasteiger partial charge in [-0.05, 0) is 43.2 Å². The number of hydrogen-bond donors (Lipinski definition) is 0. The van der Waals surface area contributed by atoms with Gasteiger partial charge in [0.15, 0.2) is 11.0 Å². The molecule has 6 nitrogen and oxygen atoms in total. The molecule has 1 saturated heterocycles. The number of aromatic nitrogens is 3. The second-order valence-electron chi connectivity index (χ2n) is 8.19. The first-order valence-electron chi connectivity index (χ1n) is 10.5. The van der Waals surface area contributed by atoms with E-state index < -0.39 is 0 Å². The number of ether oxygens (including phenoxy) is 1. The monoisotopic (exact) mass is 416 g/mol. The van der Waals surface area contributed by atoms with Gasteiger partial charge < -0.3 is 14.2 Å². The molecule has 0 bridgehead atoms. The minimum Gasteiger partial charge on any atom is -0.486 e. The standard InChI is InChI=1S/C22H32N4O2S/c1-17(2)9-14-26-20(15-28-19-7-5-4-6-8-19)23-24-22(26)29-16-21(27)25-12-10-18(3)11-13-25/h4-8,17-18H,9-16H2,1-3H3. The van der Waals surface area contributed by atoms with Crippen LogP contribution in [-0.2, 0) is 17.9 Å². The normalized spacial score (nSPS) is 15.1. The first-order valence-corrected chi connectivity index (χ1v) is 11.5. The Hall–Kier alpha value is -2.02. The molecular weight excluding hydrogens is 384 g/mol. The molecule has 0 saturated carbocycles. The van der Waals surface area contributed by atoms with Gasteiger partial charge in [-0.15, -0.1) is 10.2 Å². The smallest absolute Gasteiger partial charge is 0.233 e. The van der Waals surface area contributed by atoms with Gasteiger partial charge in [0.05, 0.1) is 5.75 Å². The molecule has 158 valence electrons. The summed E-state index contributed by atoms with van der Waals surface area (Å²) in [4.78, 5) is 14.6. The van der Waals surface area contributed by atoms with Crippen molar-refractivity contribution in [3.63, 3.8) is 0 Å². The zero-order chi connectivity index (χ0) is 20.6. The molecule has 1 aromatic carbocycles. The third kappa shape index (κ3) is 6.49. The van der Waals surface area contributed by atoms with Crippen LogP contribution in [0.25, 0.3) is 0 Å². The van der Waals surface area contributed by atoms with Crippen molar-refractivity contribution in [3.05, 3.63) is 36.2 Å². The maximum absolute atomic E-state index is 12.6. The zero-order valence-corrected chi connectivity index (χ0v) is 18.5. The van der Waals surface area contributed by atoms with Crippen LogP contribution in [0.2, 0.25) is 0 Å². The van der Waals surface area contributed by atoms with Crippen LogP contribution in [0.4, 0.5) is 0 Å². The van der Waals surface area contributed by atoms with Gasteiger partial charge >= 0.3 is 0 Å². The Morgan fingerprint density at radius 1 is 1.21 bits per heavy atom. The van der Waals surface area contributed by atoms with E-state index in [1.807, 2.05) is 35.2 Å². The molecule has 1 aliphatic rings. The van der Waals surface area contributed by atoms with Crippen LogP contribution in [0.1, 0.15) is 45.9 Å². The Morgan fingerprint density at radius 2 is 1.93 bits per heavy atom. The fourth-order valence-corrected chi connectivity index (χ4v) is 4.17. The Kier molecular flexibility index (Phi) is 7.98. The second-order valence-corrected chi connectivity index (χ2v) is 9.13. The van der Waals surface area contributed by atoms with Crippen molar-refractivity contribution in [2.75, 3.05) is 18.8 Å². The minimum atomic E-state index is 0.197. The number of likely N-dealkylation sites (tertiary alicyclic amines) is 1. The summed E-state index contributed by atoms with van der Waals surface area (Å²) in [5.74, 6) is 3.52. The SMILES string of the molecule is CC(C)CCn1c(COc2ccccc2)nnc1SCC(=O)N1CCC(C)CC1. The Morgan fingerprint density at radius 3 is 2.62 bits per heavy atom. The first-order chi connectivity index (χ1) is 14.0. The lowest BCUT2D eigenvalue weighted by molar-refractivity contribution is -0.129. The predicted molar refractivity (Wildman–Crippen MR) is 116 cm³/mol. The van der Waals surface area contributed by atoms with Crippen molar-refractivity contribution in [2.45, 2.75) is 58.3 Å². The predicted octanol–water partition coefficient (Wildman–Crippen LogP) is 4.25. The summed E-state index contributed by atoms with van der Waals surface area (Å²) in [5.41, 5.74) is 0. The summed E-state index contributed by atoms with van der Waals surface area (Å²) in [6.07, 6.45) is 3.23. The van der Waals surface area contributed by atoms with E-state index in [4.69, 9.17) is 4.74 Å². The highest BCUT2D eigenvalue weighted by Crippen LogP contribution is 2.22. The number of carbonyl (C=O) groups is 1. The minimum absolute atomic E-state index is 0.197. The number of rotatable bonds is 9. The van der Waals surface area contributed by atoms with Gasteiger partial charge in [-0.2, -0.15) is 0 Å². The van der Waals surface area contributed by atoms with Gasteiger partial charge in [0.2, 0.25) is 5.91 Å². The van der Waals surface area contributed by atoms with Gasteiger partial charge in [0.1, 0.15) is 12.4 Å². The molecule has 0 aliphatic carbocycles. The van der Waals surface area contributed by atoms with Crippen LogP contribution in [-0.4, -0.2) is 44.4 Å². The summed E-state index contributed by atoms with van der Waals surface area (Å²) < 4.78 is 7.99. The van der Waals surface area contributed by atoms with Crippen LogP contribution < -0.4 is 4.74 Å². The molecule has 0 atom stereocenters. The van der Waals surface area contributed by atoms with Gasteiger partial charge in [-0.1, -0.05) is 50.7 Å². The quantitative estimate of drug-likeness (QED) is 0.572. The Labute approximate surface area is 178 Å². The van der Waals surface area contributed by atoms with E-state index in [0.29, 0.717) is 18.3 Å². The van der Waals surface area contributed by atoms with Crippen LogP contribution >= 0.6 is 11.8 Å². The molecule has 1 aliphatic heterocycles. The van der Waals surface area contributed by atoms with Crippen molar-refractivity contribution in [3.8, 4) is 5.75 Å². The van der Waals surface area contributed by atoms with Gasteiger partial charge in [0.25, 0.3) is 0 Å². The highest BCUT2D eigenvalue weighted by atomic mass is 32.2. The fraction of sp³-hybridized carbons (Fsp3) is 0.591. The van der Waals surface area contributed by atoms with Crippen molar-refractivity contribution in [1.29, 1.82) is 0 Å². The molecule has 2 aromatic rings. The van der Waals surface area contributed by atoms with Crippen molar-refractivity contribution >= 4 is 17.7 Å². The van der Waals surface area contributed by atoms with Crippen molar-refractivity contribution < 1.29 is 9.53 Å². The van der Waals surface area contributed by atoms with Crippen LogP contribution in [0.5, 0.6) is 5.75 Å². The highest BCUT2D eigenvalue weighted by molar-refractivity contribution is 7.99. The number of nitrogens with zero attached hydrogens (tertiary/aromatic N) is 4. The lowest BCUT2D eigenvalue weighted by Gasteiger charge is -2.30. The highest BCUT2D eigenvalue weighted by Gasteiger charge is 2.22. The van der Waals surface area contributed by atoms with E-state index in [-0.39, 0.29) is 5.91 Å². The number of hydrogen-bond acceptors (Lipinski definition) is 5.